The van der Waals surface area contributed by atoms with Gasteiger partial charge in [0.15, 0.2) is 0 Å². The molecule has 2 aromatic carbocycles. The lowest BCUT2D eigenvalue weighted by Crippen LogP contribution is -2.41. The van der Waals surface area contributed by atoms with Crippen LogP contribution in [0.5, 0.6) is 5.75 Å². The molecular weight excluding hydrogens is 332 g/mol. The highest BCUT2D eigenvalue weighted by molar-refractivity contribution is 5.99. The van der Waals surface area contributed by atoms with Crippen molar-refractivity contribution < 1.29 is 19.1 Å². The molecule has 0 aliphatic heterocycles. The van der Waals surface area contributed by atoms with Crippen LogP contribution in [-0.4, -0.2) is 24.5 Å². The van der Waals surface area contributed by atoms with E-state index in [1.165, 1.54) is 0 Å². The van der Waals surface area contributed by atoms with Gasteiger partial charge in [0, 0.05) is 11.1 Å². The molecule has 138 valence electrons. The number of nitrogens with one attached hydrogen (secondary N) is 2. The van der Waals surface area contributed by atoms with Crippen molar-refractivity contribution in [2.24, 2.45) is 0 Å². The molecule has 0 spiro atoms. The van der Waals surface area contributed by atoms with Crippen LogP contribution in [0.2, 0.25) is 0 Å². The molecular formula is C20H24N2O4. The Kier molecular flexibility index (Phi) is 7.17. The topological polar surface area (TPSA) is 76.7 Å². The highest BCUT2D eigenvalue weighted by Gasteiger charge is 2.09. The summed E-state index contributed by atoms with van der Waals surface area (Å²) in [5.41, 5.74) is 6.66. The molecule has 0 radical (unpaired) electrons. The fourth-order valence-electron chi connectivity index (χ4n) is 2.14. The maximum atomic E-state index is 12.1. The molecule has 0 unspecified atom stereocenters. The van der Waals surface area contributed by atoms with E-state index in [0.29, 0.717) is 30.1 Å². The Balaban J connectivity index is 1.86. The van der Waals surface area contributed by atoms with Gasteiger partial charge < -0.3 is 9.47 Å². The third kappa shape index (κ3) is 5.89. The summed E-state index contributed by atoms with van der Waals surface area (Å²) in [4.78, 5) is 24.2. The molecule has 0 aromatic heterocycles. The Morgan fingerprint density at radius 3 is 1.85 bits per heavy atom. The van der Waals surface area contributed by atoms with E-state index >= 15 is 0 Å². The third-order valence-electron chi connectivity index (χ3n) is 3.52. The van der Waals surface area contributed by atoms with Gasteiger partial charge in [0.1, 0.15) is 5.75 Å². The molecule has 0 fully saturated rings. The largest absolute Gasteiger partial charge is 0.494 e. The highest BCUT2D eigenvalue weighted by Crippen LogP contribution is 2.12. The Labute approximate surface area is 153 Å². The van der Waals surface area contributed by atoms with E-state index in [-0.39, 0.29) is 12.0 Å². The molecule has 0 aliphatic rings. The molecule has 0 aliphatic carbocycles. The number of carbonyl (C=O) groups excluding carboxylic acids is 2. The maximum absolute atomic E-state index is 12.1. The quantitative estimate of drug-likeness (QED) is 0.748. The zero-order chi connectivity index (χ0) is 18.9. The van der Waals surface area contributed by atoms with E-state index < -0.39 is 5.91 Å². The lowest BCUT2D eigenvalue weighted by atomic mass is 10.1. The van der Waals surface area contributed by atoms with Gasteiger partial charge in [-0.15, -0.1) is 0 Å². The molecule has 2 amide bonds. The molecule has 6 nitrogen and oxygen atoms in total. The number of ether oxygens (including phenoxy) is 2. The lowest BCUT2D eigenvalue weighted by molar-refractivity contribution is 0.0656. The fraction of sp³-hybridized carbons (Fsp3) is 0.300. The van der Waals surface area contributed by atoms with E-state index in [1.807, 2.05) is 32.9 Å². The molecule has 2 N–H and O–H groups in total. The molecule has 2 aromatic rings. The Bertz CT molecular complexity index is 724. The summed E-state index contributed by atoms with van der Waals surface area (Å²) in [6.07, 6.45) is 0.149. The molecule has 2 rings (SSSR count). The summed E-state index contributed by atoms with van der Waals surface area (Å²) in [5, 5.41) is 0. The number of carbonyl (C=O) groups is 2. The van der Waals surface area contributed by atoms with E-state index in [1.54, 1.807) is 36.4 Å². The number of hydrazine groups is 1. The van der Waals surface area contributed by atoms with Crippen molar-refractivity contribution in [1.29, 1.82) is 0 Å². The Morgan fingerprint density at radius 1 is 0.885 bits per heavy atom. The molecule has 6 heteroatoms. The smallest absolute Gasteiger partial charge is 0.269 e. The van der Waals surface area contributed by atoms with Gasteiger partial charge in [0.25, 0.3) is 11.8 Å². The number of rotatable bonds is 7. The number of amides is 2. The monoisotopic (exact) mass is 356 g/mol. The average Bonchev–Trinajstić information content (AvgIpc) is 2.65. The standard InChI is InChI=1S/C20H24N2O4/c1-4-25-18-11-9-17(10-12-18)20(24)22-21-19(23)16-7-5-15(6-8-16)13-26-14(2)3/h5-12,14H,4,13H2,1-3H3,(H,21,23)(H,22,24). The first-order chi connectivity index (χ1) is 12.5. The number of hydrogen-bond donors (Lipinski definition) is 2. The van der Waals surface area contributed by atoms with Crippen molar-refractivity contribution in [3.63, 3.8) is 0 Å². The summed E-state index contributed by atoms with van der Waals surface area (Å²) in [6.45, 7) is 6.88. The van der Waals surface area contributed by atoms with Crippen molar-refractivity contribution >= 4 is 11.8 Å². The van der Waals surface area contributed by atoms with Gasteiger partial charge in [-0.1, -0.05) is 12.1 Å². The van der Waals surface area contributed by atoms with Crippen LogP contribution in [-0.2, 0) is 11.3 Å². The van der Waals surface area contributed by atoms with Gasteiger partial charge in [-0.2, -0.15) is 0 Å². The highest BCUT2D eigenvalue weighted by atomic mass is 16.5. The Hall–Kier alpha value is -2.86. The molecule has 26 heavy (non-hydrogen) atoms. The lowest BCUT2D eigenvalue weighted by Gasteiger charge is -2.10. The van der Waals surface area contributed by atoms with Crippen LogP contribution in [0.1, 0.15) is 47.1 Å². The van der Waals surface area contributed by atoms with Crippen LogP contribution in [0, 0.1) is 0 Å². The van der Waals surface area contributed by atoms with Crippen LogP contribution >= 0.6 is 0 Å². The summed E-state index contributed by atoms with van der Waals surface area (Å²) < 4.78 is 10.8. The Morgan fingerprint density at radius 2 is 1.38 bits per heavy atom. The van der Waals surface area contributed by atoms with Crippen LogP contribution in [0.3, 0.4) is 0 Å². The van der Waals surface area contributed by atoms with Crippen LogP contribution in [0.4, 0.5) is 0 Å². The summed E-state index contributed by atoms with van der Waals surface area (Å²) in [5.74, 6) is -0.0985. The van der Waals surface area contributed by atoms with Crippen molar-refractivity contribution in [2.45, 2.75) is 33.5 Å². The first-order valence-electron chi connectivity index (χ1n) is 8.53. The van der Waals surface area contributed by atoms with E-state index in [0.717, 1.165) is 5.56 Å². The summed E-state index contributed by atoms with van der Waals surface area (Å²) >= 11 is 0. The van der Waals surface area contributed by atoms with Gasteiger partial charge in [0.05, 0.1) is 19.3 Å². The average molecular weight is 356 g/mol. The number of benzene rings is 2. The second-order valence-electron chi connectivity index (χ2n) is 5.92. The molecule has 0 saturated carbocycles. The number of hydrogen-bond acceptors (Lipinski definition) is 4. The first-order valence-corrected chi connectivity index (χ1v) is 8.53. The van der Waals surface area contributed by atoms with Crippen LogP contribution in [0.25, 0.3) is 0 Å². The predicted octanol–water partition coefficient (Wildman–Crippen LogP) is 3.09. The fourth-order valence-corrected chi connectivity index (χ4v) is 2.14. The van der Waals surface area contributed by atoms with Crippen LogP contribution in [0.15, 0.2) is 48.5 Å². The van der Waals surface area contributed by atoms with Gasteiger partial charge in [-0.25, -0.2) is 0 Å². The van der Waals surface area contributed by atoms with Gasteiger partial charge in [0.2, 0.25) is 0 Å². The minimum Gasteiger partial charge on any atom is -0.494 e. The maximum Gasteiger partial charge on any atom is 0.269 e. The molecule has 0 saturated heterocycles. The van der Waals surface area contributed by atoms with Crippen molar-refractivity contribution in [2.75, 3.05) is 6.61 Å². The zero-order valence-corrected chi connectivity index (χ0v) is 15.2. The SMILES string of the molecule is CCOc1ccc(C(=O)NNC(=O)c2ccc(COC(C)C)cc2)cc1. The second-order valence-corrected chi connectivity index (χ2v) is 5.92. The van der Waals surface area contributed by atoms with E-state index in [2.05, 4.69) is 10.9 Å². The second kappa shape index (κ2) is 9.58. The van der Waals surface area contributed by atoms with Crippen molar-refractivity contribution in [3.8, 4) is 5.75 Å². The molecule has 0 heterocycles. The minimum atomic E-state index is -0.400. The van der Waals surface area contributed by atoms with E-state index in [9.17, 15) is 9.59 Å². The molecule has 0 bridgehead atoms. The van der Waals surface area contributed by atoms with Gasteiger partial charge in [-0.3, -0.25) is 20.4 Å². The normalized spacial score (nSPS) is 10.5. The van der Waals surface area contributed by atoms with Crippen molar-refractivity contribution in [1.82, 2.24) is 10.9 Å². The summed E-state index contributed by atoms with van der Waals surface area (Å²) in [6, 6.07) is 13.7. The minimum absolute atomic E-state index is 0.149. The predicted molar refractivity (Wildman–Crippen MR) is 98.9 cm³/mol. The summed E-state index contributed by atoms with van der Waals surface area (Å²) in [7, 11) is 0. The van der Waals surface area contributed by atoms with Crippen LogP contribution < -0.4 is 15.6 Å². The van der Waals surface area contributed by atoms with Gasteiger partial charge in [-0.05, 0) is 62.7 Å². The molecule has 0 atom stereocenters. The third-order valence-corrected chi connectivity index (χ3v) is 3.52. The van der Waals surface area contributed by atoms with E-state index in [4.69, 9.17) is 9.47 Å². The van der Waals surface area contributed by atoms with Crippen molar-refractivity contribution in [3.05, 3.63) is 65.2 Å². The first kappa shape index (κ1) is 19.5. The zero-order valence-electron chi connectivity index (χ0n) is 15.2. The van der Waals surface area contributed by atoms with Gasteiger partial charge >= 0.3 is 0 Å².